The third-order valence-electron chi connectivity index (χ3n) is 2.95. The molecule has 96 valence electrons. The van der Waals surface area contributed by atoms with Crippen LogP contribution in [0.1, 0.15) is 26.9 Å². The zero-order valence-corrected chi connectivity index (χ0v) is 13.0. The largest absolute Gasteiger partial charge is 0.309 e. The Morgan fingerprint density at radius 2 is 1.94 bits per heavy atom. The molecular weight excluding hydrogens is 313 g/mol. The Morgan fingerprint density at radius 3 is 2.44 bits per heavy atom. The maximum absolute atomic E-state index is 14.0. The Hall–Kier alpha value is -0.710. The molecule has 1 aromatic heterocycles. The van der Waals surface area contributed by atoms with Crippen LogP contribution >= 0.6 is 27.3 Å². The van der Waals surface area contributed by atoms with Crippen LogP contribution in [0.2, 0.25) is 0 Å². The van der Waals surface area contributed by atoms with Crippen molar-refractivity contribution in [2.24, 2.45) is 0 Å². The van der Waals surface area contributed by atoms with Gasteiger partial charge in [0, 0.05) is 19.8 Å². The molecule has 1 nitrogen and oxygen atoms in total. The average Bonchev–Trinajstić information content (AvgIpc) is 2.62. The first-order valence-electron chi connectivity index (χ1n) is 5.72. The third-order valence-corrected chi connectivity index (χ3v) is 4.43. The first kappa shape index (κ1) is 13.7. The fourth-order valence-corrected chi connectivity index (χ4v) is 3.45. The molecule has 18 heavy (non-hydrogen) atoms. The van der Waals surface area contributed by atoms with Gasteiger partial charge in [-0.1, -0.05) is 22.0 Å². The quantitative estimate of drug-likeness (QED) is 0.870. The monoisotopic (exact) mass is 327 g/mol. The molecule has 0 aliphatic rings. The highest BCUT2D eigenvalue weighted by molar-refractivity contribution is 9.10. The summed E-state index contributed by atoms with van der Waals surface area (Å²) in [5.41, 5.74) is 1.84. The van der Waals surface area contributed by atoms with Gasteiger partial charge in [-0.15, -0.1) is 11.3 Å². The zero-order chi connectivity index (χ0) is 13.3. The van der Waals surface area contributed by atoms with Gasteiger partial charge in [-0.25, -0.2) is 4.39 Å². The van der Waals surface area contributed by atoms with Crippen molar-refractivity contribution in [3.8, 4) is 0 Å². The van der Waals surface area contributed by atoms with Gasteiger partial charge >= 0.3 is 0 Å². The first-order chi connectivity index (χ1) is 8.52. The number of rotatable bonds is 3. The standard InChI is InChI=1S/C14H15BrFNS/c1-8-6-12(9(2)18-8)14(17-3)11-5-4-10(15)7-13(11)16/h4-7,14,17H,1-3H3. The number of aryl methyl sites for hydroxylation is 2. The van der Waals surface area contributed by atoms with E-state index >= 15 is 0 Å². The summed E-state index contributed by atoms with van der Waals surface area (Å²) in [6.07, 6.45) is 0. The van der Waals surface area contributed by atoms with Gasteiger partial charge in [0.15, 0.2) is 0 Å². The molecule has 2 rings (SSSR count). The van der Waals surface area contributed by atoms with E-state index in [1.165, 1.54) is 15.8 Å². The van der Waals surface area contributed by atoms with Crippen LogP contribution in [0.4, 0.5) is 4.39 Å². The van der Waals surface area contributed by atoms with Crippen LogP contribution in [0.3, 0.4) is 0 Å². The lowest BCUT2D eigenvalue weighted by Gasteiger charge is -2.17. The fraction of sp³-hybridized carbons (Fsp3) is 0.286. The van der Waals surface area contributed by atoms with Gasteiger partial charge in [0.25, 0.3) is 0 Å². The number of halogens is 2. The SMILES string of the molecule is CNC(c1ccc(Br)cc1F)c1cc(C)sc1C. The summed E-state index contributed by atoms with van der Waals surface area (Å²) in [5, 5.41) is 3.20. The normalized spacial score (nSPS) is 12.7. The predicted octanol–water partition coefficient (Wildman–Crippen LogP) is 4.58. The second-order valence-corrected chi connectivity index (χ2v) is 6.63. The van der Waals surface area contributed by atoms with E-state index in [2.05, 4.69) is 41.2 Å². The van der Waals surface area contributed by atoms with Crippen molar-refractivity contribution in [3.63, 3.8) is 0 Å². The molecule has 0 aliphatic carbocycles. The summed E-state index contributed by atoms with van der Waals surface area (Å²) in [6, 6.07) is 7.24. The molecule has 0 amide bonds. The minimum Gasteiger partial charge on any atom is -0.309 e. The van der Waals surface area contributed by atoms with E-state index in [1.807, 2.05) is 19.2 Å². The maximum atomic E-state index is 14.0. The lowest BCUT2D eigenvalue weighted by Crippen LogP contribution is -2.19. The molecule has 0 aliphatic heterocycles. The van der Waals surface area contributed by atoms with Crippen LogP contribution in [-0.4, -0.2) is 7.05 Å². The van der Waals surface area contributed by atoms with Gasteiger partial charge in [-0.2, -0.15) is 0 Å². The van der Waals surface area contributed by atoms with Crippen molar-refractivity contribution in [1.82, 2.24) is 5.32 Å². The van der Waals surface area contributed by atoms with E-state index in [0.29, 0.717) is 5.56 Å². The highest BCUT2D eigenvalue weighted by Crippen LogP contribution is 2.32. The highest BCUT2D eigenvalue weighted by Gasteiger charge is 2.19. The zero-order valence-electron chi connectivity index (χ0n) is 10.6. The van der Waals surface area contributed by atoms with Crippen LogP contribution in [0.5, 0.6) is 0 Å². The Morgan fingerprint density at radius 1 is 1.22 bits per heavy atom. The van der Waals surface area contributed by atoms with Crippen LogP contribution in [-0.2, 0) is 0 Å². The number of nitrogens with one attached hydrogen (secondary N) is 1. The molecular formula is C14H15BrFNS. The topological polar surface area (TPSA) is 12.0 Å². The van der Waals surface area contributed by atoms with Crippen LogP contribution < -0.4 is 5.32 Å². The molecule has 1 heterocycles. The molecule has 1 aromatic carbocycles. The van der Waals surface area contributed by atoms with Crippen molar-refractivity contribution in [2.45, 2.75) is 19.9 Å². The minimum absolute atomic E-state index is 0.0944. The Labute approximate surface area is 119 Å². The van der Waals surface area contributed by atoms with Crippen molar-refractivity contribution < 1.29 is 4.39 Å². The maximum Gasteiger partial charge on any atom is 0.129 e. The second kappa shape index (κ2) is 5.51. The first-order valence-corrected chi connectivity index (χ1v) is 7.33. The summed E-state index contributed by atoms with van der Waals surface area (Å²) in [5.74, 6) is -0.188. The average molecular weight is 328 g/mol. The fourth-order valence-electron chi connectivity index (χ4n) is 2.15. The van der Waals surface area contributed by atoms with E-state index in [0.717, 1.165) is 10.0 Å². The smallest absolute Gasteiger partial charge is 0.129 e. The molecule has 2 aromatic rings. The molecule has 0 radical (unpaired) electrons. The molecule has 0 bridgehead atoms. The summed E-state index contributed by atoms with van der Waals surface area (Å²) in [4.78, 5) is 2.48. The van der Waals surface area contributed by atoms with Gasteiger partial charge in [-0.3, -0.25) is 0 Å². The van der Waals surface area contributed by atoms with E-state index in [4.69, 9.17) is 0 Å². The summed E-state index contributed by atoms with van der Waals surface area (Å²) < 4.78 is 14.8. The van der Waals surface area contributed by atoms with E-state index in [-0.39, 0.29) is 11.9 Å². The van der Waals surface area contributed by atoms with Gasteiger partial charge in [0.05, 0.1) is 6.04 Å². The Balaban J connectivity index is 2.48. The Bertz CT molecular complexity index is 565. The van der Waals surface area contributed by atoms with Crippen molar-refractivity contribution in [3.05, 3.63) is 55.4 Å². The van der Waals surface area contributed by atoms with E-state index in [1.54, 1.807) is 11.3 Å². The molecule has 1 unspecified atom stereocenters. The predicted molar refractivity (Wildman–Crippen MR) is 78.8 cm³/mol. The molecule has 4 heteroatoms. The summed E-state index contributed by atoms with van der Waals surface area (Å²) in [6.45, 7) is 4.15. The van der Waals surface area contributed by atoms with Gasteiger partial charge in [0.1, 0.15) is 5.82 Å². The number of benzene rings is 1. The van der Waals surface area contributed by atoms with Crippen LogP contribution in [0.15, 0.2) is 28.7 Å². The molecule has 1 N–H and O–H groups in total. The van der Waals surface area contributed by atoms with E-state index in [9.17, 15) is 4.39 Å². The van der Waals surface area contributed by atoms with Crippen LogP contribution in [0, 0.1) is 19.7 Å². The minimum atomic E-state index is -0.188. The molecule has 0 saturated carbocycles. The molecule has 0 saturated heterocycles. The van der Waals surface area contributed by atoms with Crippen molar-refractivity contribution >= 4 is 27.3 Å². The summed E-state index contributed by atoms with van der Waals surface area (Å²) >= 11 is 5.03. The second-order valence-electron chi connectivity index (χ2n) is 4.26. The number of hydrogen-bond acceptors (Lipinski definition) is 2. The van der Waals surface area contributed by atoms with Crippen molar-refractivity contribution in [1.29, 1.82) is 0 Å². The van der Waals surface area contributed by atoms with Gasteiger partial charge < -0.3 is 5.32 Å². The van der Waals surface area contributed by atoms with Crippen LogP contribution in [0.25, 0.3) is 0 Å². The number of thiophene rings is 1. The molecule has 1 atom stereocenters. The van der Waals surface area contributed by atoms with Gasteiger partial charge in [-0.05, 0) is 44.7 Å². The lowest BCUT2D eigenvalue weighted by molar-refractivity contribution is 0.575. The van der Waals surface area contributed by atoms with Gasteiger partial charge in [0.2, 0.25) is 0 Å². The number of hydrogen-bond donors (Lipinski definition) is 1. The lowest BCUT2D eigenvalue weighted by atomic mass is 9.99. The summed E-state index contributed by atoms with van der Waals surface area (Å²) in [7, 11) is 1.86. The third kappa shape index (κ3) is 2.66. The van der Waals surface area contributed by atoms with E-state index < -0.39 is 0 Å². The Kier molecular flexibility index (Phi) is 4.20. The van der Waals surface area contributed by atoms with Crippen molar-refractivity contribution in [2.75, 3.05) is 7.05 Å². The highest BCUT2D eigenvalue weighted by atomic mass is 79.9. The molecule has 0 spiro atoms. The molecule has 0 fully saturated rings.